The second-order valence-corrected chi connectivity index (χ2v) is 6.79. The quantitative estimate of drug-likeness (QED) is 0.927. The van der Waals surface area contributed by atoms with Gasteiger partial charge < -0.3 is 10.2 Å². The topological polar surface area (TPSA) is 49.4 Å². The third kappa shape index (κ3) is 4.27. The Labute approximate surface area is 148 Å². The molecule has 4 nitrogen and oxygen atoms in total. The molecule has 0 saturated carbocycles. The molecule has 130 valence electrons. The standard InChI is InChI=1S/C21H24N2O2/c1-15-3-7-18(8-4-15)21(25)23-13-11-17(12-14-23)20(24)22-19-9-5-16(2)6-10-19/h3-10,17H,11-14H2,1-2H3,(H,22,24). The Balaban J connectivity index is 1.54. The number of rotatable bonds is 3. The van der Waals surface area contributed by atoms with Gasteiger partial charge in [-0.25, -0.2) is 0 Å². The highest BCUT2D eigenvalue weighted by Crippen LogP contribution is 2.21. The van der Waals surface area contributed by atoms with E-state index in [1.54, 1.807) is 0 Å². The summed E-state index contributed by atoms with van der Waals surface area (Å²) in [5.74, 6) is 0.0621. The third-order valence-corrected chi connectivity index (χ3v) is 4.77. The van der Waals surface area contributed by atoms with Crippen molar-refractivity contribution in [3.05, 3.63) is 65.2 Å². The Kier molecular flexibility index (Phi) is 5.17. The van der Waals surface area contributed by atoms with E-state index in [1.165, 1.54) is 5.56 Å². The van der Waals surface area contributed by atoms with Gasteiger partial charge in [-0.05, 0) is 51.0 Å². The molecule has 1 aliphatic rings. The highest BCUT2D eigenvalue weighted by molar-refractivity contribution is 5.95. The lowest BCUT2D eigenvalue weighted by molar-refractivity contribution is -0.121. The van der Waals surface area contributed by atoms with Gasteiger partial charge >= 0.3 is 0 Å². The molecule has 0 radical (unpaired) electrons. The van der Waals surface area contributed by atoms with Crippen molar-refractivity contribution in [2.75, 3.05) is 18.4 Å². The number of likely N-dealkylation sites (tertiary alicyclic amines) is 1. The number of carbonyl (C=O) groups excluding carboxylic acids is 2. The average Bonchev–Trinajstić information content (AvgIpc) is 2.64. The number of hydrogen-bond acceptors (Lipinski definition) is 2. The fourth-order valence-corrected chi connectivity index (χ4v) is 3.10. The van der Waals surface area contributed by atoms with Crippen molar-refractivity contribution in [1.82, 2.24) is 4.90 Å². The zero-order chi connectivity index (χ0) is 17.8. The lowest BCUT2D eigenvalue weighted by Crippen LogP contribution is -2.41. The average molecular weight is 336 g/mol. The molecular formula is C21H24N2O2. The molecule has 2 aromatic carbocycles. The van der Waals surface area contributed by atoms with Gasteiger partial charge in [0, 0.05) is 30.3 Å². The Hall–Kier alpha value is -2.62. The number of piperidine rings is 1. The van der Waals surface area contributed by atoms with E-state index in [1.807, 2.05) is 67.3 Å². The zero-order valence-corrected chi connectivity index (χ0v) is 14.8. The normalized spacial score (nSPS) is 15.0. The second-order valence-electron chi connectivity index (χ2n) is 6.79. The fraction of sp³-hybridized carbons (Fsp3) is 0.333. The van der Waals surface area contributed by atoms with Crippen molar-refractivity contribution in [1.29, 1.82) is 0 Å². The summed E-state index contributed by atoms with van der Waals surface area (Å²) >= 11 is 0. The van der Waals surface area contributed by atoms with E-state index in [2.05, 4.69) is 5.32 Å². The molecule has 1 N–H and O–H groups in total. The molecular weight excluding hydrogens is 312 g/mol. The van der Waals surface area contributed by atoms with E-state index in [-0.39, 0.29) is 17.7 Å². The summed E-state index contributed by atoms with van der Waals surface area (Å²) in [4.78, 5) is 26.8. The highest BCUT2D eigenvalue weighted by atomic mass is 16.2. The number of hydrogen-bond donors (Lipinski definition) is 1. The molecule has 0 aromatic heterocycles. The first-order chi connectivity index (χ1) is 12.0. The van der Waals surface area contributed by atoms with Crippen molar-refractivity contribution in [3.63, 3.8) is 0 Å². The molecule has 1 heterocycles. The van der Waals surface area contributed by atoms with Gasteiger partial charge in [0.2, 0.25) is 5.91 Å². The molecule has 0 aliphatic carbocycles. The van der Waals surface area contributed by atoms with Gasteiger partial charge in [-0.2, -0.15) is 0 Å². The van der Waals surface area contributed by atoms with Crippen LogP contribution in [0.4, 0.5) is 5.69 Å². The molecule has 25 heavy (non-hydrogen) atoms. The van der Waals surface area contributed by atoms with E-state index >= 15 is 0 Å². The van der Waals surface area contributed by atoms with Crippen molar-refractivity contribution in [3.8, 4) is 0 Å². The van der Waals surface area contributed by atoms with Crippen LogP contribution >= 0.6 is 0 Å². The number of benzene rings is 2. The van der Waals surface area contributed by atoms with Gasteiger partial charge in [0.05, 0.1) is 0 Å². The summed E-state index contributed by atoms with van der Waals surface area (Å²) in [7, 11) is 0. The van der Waals surface area contributed by atoms with E-state index in [0.717, 1.165) is 11.3 Å². The Bertz CT molecular complexity index is 742. The third-order valence-electron chi connectivity index (χ3n) is 4.77. The van der Waals surface area contributed by atoms with Crippen molar-refractivity contribution < 1.29 is 9.59 Å². The summed E-state index contributed by atoms with van der Waals surface area (Å²) in [6.45, 7) is 5.27. The van der Waals surface area contributed by atoms with Gasteiger partial charge in [0.25, 0.3) is 5.91 Å². The monoisotopic (exact) mass is 336 g/mol. The summed E-state index contributed by atoms with van der Waals surface area (Å²) in [5, 5.41) is 2.98. The first-order valence-electron chi connectivity index (χ1n) is 8.76. The SMILES string of the molecule is Cc1ccc(NC(=O)C2CCN(C(=O)c3ccc(C)cc3)CC2)cc1. The van der Waals surface area contributed by atoms with Crippen LogP contribution in [0.1, 0.15) is 34.3 Å². The lowest BCUT2D eigenvalue weighted by atomic mass is 9.95. The molecule has 0 atom stereocenters. The van der Waals surface area contributed by atoms with Crippen molar-refractivity contribution >= 4 is 17.5 Å². The number of carbonyl (C=O) groups is 2. The Morgan fingerprint density at radius 3 is 1.96 bits per heavy atom. The first kappa shape index (κ1) is 17.2. The largest absolute Gasteiger partial charge is 0.339 e. The van der Waals surface area contributed by atoms with Crippen LogP contribution in [0.5, 0.6) is 0 Å². The van der Waals surface area contributed by atoms with Gasteiger partial charge in [-0.1, -0.05) is 35.4 Å². The molecule has 1 saturated heterocycles. The first-order valence-corrected chi connectivity index (χ1v) is 8.76. The zero-order valence-electron chi connectivity index (χ0n) is 14.8. The minimum Gasteiger partial charge on any atom is -0.339 e. The van der Waals surface area contributed by atoms with E-state index in [4.69, 9.17) is 0 Å². The van der Waals surface area contributed by atoms with Crippen LogP contribution in [0, 0.1) is 19.8 Å². The predicted molar refractivity (Wildman–Crippen MR) is 99.6 cm³/mol. The summed E-state index contributed by atoms with van der Waals surface area (Å²) in [6, 6.07) is 15.5. The molecule has 1 aliphatic heterocycles. The number of anilines is 1. The Morgan fingerprint density at radius 1 is 0.880 bits per heavy atom. The van der Waals surface area contributed by atoms with Crippen molar-refractivity contribution in [2.24, 2.45) is 5.92 Å². The number of aryl methyl sites for hydroxylation is 2. The van der Waals surface area contributed by atoms with Crippen LogP contribution in [0.25, 0.3) is 0 Å². The molecule has 0 unspecified atom stereocenters. The molecule has 2 amide bonds. The van der Waals surface area contributed by atoms with E-state index in [0.29, 0.717) is 31.5 Å². The van der Waals surface area contributed by atoms with Crippen LogP contribution in [-0.4, -0.2) is 29.8 Å². The minimum atomic E-state index is -0.0385. The summed E-state index contributed by atoms with van der Waals surface area (Å²) < 4.78 is 0. The van der Waals surface area contributed by atoms with Crippen LogP contribution in [-0.2, 0) is 4.79 Å². The van der Waals surface area contributed by atoms with Crippen LogP contribution in [0.3, 0.4) is 0 Å². The maximum absolute atomic E-state index is 12.5. The molecule has 1 fully saturated rings. The van der Waals surface area contributed by atoms with Gasteiger partial charge in [-0.3, -0.25) is 9.59 Å². The second kappa shape index (κ2) is 7.51. The van der Waals surface area contributed by atoms with Gasteiger partial charge in [0.1, 0.15) is 0 Å². The lowest BCUT2D eigenvalue weighted by Gasteiger charge is -2.31. The highest BCUT2D eigenvalue weighted by Gasteiger charge is 2.27. The van der Waals surface area contributed by atoms with Gasteiger partial charge in [0.15, 0.2) is 0 Å². The Morgan fingerprint density at radius 2 is 1.40 bits per heavy atom. The van der Waals surface area contributed by atoms with Crippen LogP contribution < -0.4 is 5.32 Å². The smallest absolute Gasteiger partial charge is 0.253 e. The predicted octanol–water partition coefficient (Wildman–Crippen LogP) is 3.79. The minimum absolute atomic E-state index is 0.0385. The van der Waals surface area contributed by atoms with E-state index in [9.17, 15) is 9.59 Å². The number of amides is 2. The van der Waals surface area contributed by atoms with Gasteiger partial charge in [-0.15, -0.1) is 0 Å². The molecule has 0 spiro atoms. The summed E-state index contributed by atoms with van der Waals surface area (Å²) in [6.07, 6.45) is 1.41. The number of nitrogens with zero attached hydrogens (tertiary/aromatic N) is 1. The molecule has 3 rings (SSSR count). The number of nitrogens with one attached hydrogen (secondary N) is 1. The van der Waals surface area contributed by atoms with Crippen LogP contribution in [0.2, 0.25) is 0 Å². The molecule has 0 bridgehead atoms. The maximum atomic E-state index is 12.5. The maximum Gasteiger partial charge on any atom is 0.253 e. The van der Waals surface area contributed by atoms with E-state index < -0.39 is 0 Å². The van der Waals surface area contributed by atoms with Crippen LogP contribution in [0.15, 0.2) is 48.5 Å². The molecule has 4 heteroatoms. The summed E-state index contributed by atoms with van der Waals surface area (Å²) in [5.41, 5.74) is 3.85. The molecule has 2 aromatic rings. The van der Waals surface area contributed by atoms with Crippen molar-refractivity contribution in [2.45, 2.75) is 26.7 Å². The fourth-order valence-electron chi connectivity index (χ4n) is 3.10.